The van der Waals surface area contributed by atoms with E-state index in [0.29, 0.717) is 0 Å². The van der Waals surface area contributed by atoms with E-state index in [9.17, 15) is 4.79 Å². The summed E-state index contributed by atoms with van der Waals surface area (Å²) in [6.45, 7) is 2.27. The van der Waals surface area contributed by atoms with Crippen LogP contribution >= 0.6 is 0 Å². The molecule has 0 spiro atoms. The highest BCUT2D eigenvalue weighted by Crippen LogP contribution is 2.11. The zero-order valence-corrected chi connectivity index (χ0v) is 15.9. The number of unbranched alkanes of at least 4 members (excludes halogenated alkanes) is 11. The predicted molar refractivity (Wildman–Crippen MR) is 106 cm³/mol. The van der Waals surface area contributed by atoms with Gasteiger partial charge in [0.25, 0.3) is 0 Å². The Hall–Kier alpha value is -1.61. The van der Waals surface area contributed by atoms with Crippen LogP contribution in [0.2, 0.25) is 0 Å². The van der Waals surface area contributed by atoms with Crippen molar-refractivity contribution in [3.63, 3.8) is 0 Å². The Morgan fingerprint density at radius 3 is 1.76 bits per heavy atom. The van der Waals surface area contributed by atoms with Crippen LogP contribution in [0.5, 0.6) is 0 Å². The first-order valence-electron chi connectivity index (χ1n) is 9.83. The fraction of sp³-hybridized carbons (Fsp3) is 0.591. The van der Waals surface area contributed by atoms with Gasteiger partial charge in [-0.25, -0.2) is 4.79 Å². The zero-order chi connectivity index (χ0) is 18.4. The van der Waals surface area contributed by atoms with E-state index in [1.807, 2.05) is 24.3 Å². The molecule has 0 aromatic rings. The summed E-state index contributed by atoms with van der Waals surface area (Å²) >= 11 is 0. The number of allylic oxidation sites excluding steroid dienone is 7. The van der Waals surface area contributed by atoms with Gasteiger partial charge < -0.3 is 0 Å². The molecule has 3 nitrogen and oxygen atoms in total. The highest BCUT2D eigenvalue weighted by molar-refractivity contribution is 5.81. The van der Waals surface area contributed by atoms with Gasteiger partial charge >= 0.3 is 5.97 Å². The lowest BCUT2D eigenvalue weighted by atomic mass is 10.1. The molecule has 1 N–H and O–H groups in total. The first-order valence-corrected chi connectivity index (χ1v) is 9.83. The third-order valence-electron chi connectivity index (χ3n) is 3.99. The number of carbonyl (C=O) groups is 1. The van der Waals surface area contributed by atoms with Crippen molar-refractivity contribution in [2.75, 3.05) is 0 Å². The number of carbonyl (C=O) groups excluding carboxylic acids is 1. The SMILES string of the molecule is CCCCCCCCCCCCC/C=C/C=C/C=C/C=C/C(=O)OO. The predicted octanol–water partition coefficient (Wildman–Crippen LogP) is 6.93. The van der Waals surface area contributed by atoms with Crippen LogP contribution in [-0.2, 0) is 9.68 Å². The molecule has 25 heavy (non-hydrogen) atoms. The Balaban J connectivity index is 3.35. The van der Waals surface area contributed by atoms with E-state index < -0.39 is 5.97 Å². The second kappa shape index (κ2) is 20.4. The minimum Gasteiger partial charge on any atom is -0.296 e. The van der Waals surface area contributed by atoms with Crippen molar-refractivity contribution in [1.29, 1.82) is 0 Å². The molecule has 0 amide bonds. The average molecular weight is 349 g/mol. The van der Waals surface area contributed by atoms with Crippen molar-refractivity contribution in [2.24, 2.45) is 0 Å². The van der Waals surface area contributed by atoms with Crippen molar-refractivity contribution in [3.05, 3.63) is 48.6 Å². The second-order valence-electron chi connectivity index (χ2n) is 6.29. The van der Waals surface area contributed by atoms with Crippen molar-refractivity contribution in [1.82, 2.24) is 0 Å². The maximum atomic E-state index is 10.6. The molecule has 0 aliphatic carbocycles. The minimum absolute atomic E-state index is 0.777. The molecule has 0 heterocycles. The van der Waals surface area contributed by atoms with E-state index in [4.69, 9.17) is 5.26 Å². The molecule has 0 aliphatic rings. The molecular formula is C22H36O3. The third kappa shape index (κ3) is 20.3. The normalized spacial score (nSPS) is 12.2. The van der Waals surface area contributed by atoms with Gasteiger partial charge in [0.15, 0.2) is 0 Å². The topological polar surface area (TPSA) is 46.5 Å². The summed E-state index contributed by atoms with van der Waals surface area (Å²) < 4.78 is 0. The van der Waals surface area contributed by atoms with Gasteiger partial charge in [-0.05, 0) is 12.8 Å². The van der Waals surface area contributed by atoms with Gasteiger partial charge in [-0.3, -0.25) is 4.89 Å². The maximum absolute atomic E-state index is 10.6. The van der Waals surface area contributed by atoms with Crippen LogP contribution in [0.3, 0.4) is 0 Å². The monoisotopic (exact) mass is 348 g/mol. The summed E-state index contributed by atoms with van der Waals surface area (Å²) in [6, 6.07) is 0. The Labute approximate surface area is 154 Å². The summed E-state index contributed by atoms with van der Waals surface area (Å²) in [7, 11) is 0. The molecule has 0 unspecified atom stereocenters. The lowest BCUT2D eigenvalue weighted by Crippen LogP contribution is -1.93. The maximum Gasteiger partial charge on any atom is 0.365 e. The molecule has 0 aromatic heterocycles. The Bertz CT molecular complexity index is 405. The summed E-state index contributed by atoms with van der Waals surface area (Å²) in [4.78, 5) is 14.1. The number of hydrogen-bond acceptors (Lipinski definition) is 3. The lowest BCUT2D eigenvalue weighted by Gasteiger charge is -2.01. The molecule has 0 saturated heterocycles. The first kappa shape index (κ1) is 23.4. The smallest absolute Gasteiger partial charge is 0.296 e. The second-order valence-corrected chi connectivity index (χ2v) is 6.29. The van der Waals surface area contributed by atoms with Gasteiger partial charge in [0.1, 0.15) is 0 Å². The van der Waals surface area contributed by atoms with Gasteiger partial charge in [0.2, 0.25) is 0 Å². The number of hydrogen-bond donors (Lipinski definition) is 1. The Morgan fingerprint density at radius 2 is 1.20 bits per heavy atom. The van der Waals surface area contributed by atoms with E-state index in [1.165, 1.54) is 76.7 Å². The van der Waals surface area contributed by atoms with Crippen molar-refractivity contribution >= 4 is 5.97 Å². The summed E-state index contributed by atoms with van der Waals surface area (Å²) in [5, 5.41) is 8.04. The molecule has 0 bridgehead atoms. The van der Waals surface area contributed by atoms with Crippen LogP contribution in [0.1, 0.15) is 84.0 Å². The van der Waals surface area contributed by atoms with Crippen LogP contribution in [0.4, 0.5) is 0 Å². The van der Waals surface area contributed by atoms with Gasteiger partial charge in [0.05, 0.1) is 0 Å². The van der Waals surface area contributed by atoms with Gasteiger partial charge in [-0.1, -0.05) is 114 Å². The molecule has 0 aromatic carbocycles. The van der Waals surface area contributed by atoms with Crippen molar-refractivity contribution in [2.45, 2.75) is 84.0 Å². The minimum atomic E-state index is -0.777. The summed E-state index contributed by atoms with van der Waals surface area (Å²) in [5.74, 6) is -0.777. The third-order valence-corrected chi connectivity index (χ3v) is 3.99. The molecule has 0 rings (SSSR count). The molecule has 0 radical (unpaired) electrons. The van der Waals surface area contributed by atoms with Crippen LogP contribution < -0.4 is 0 Å². The van der Waals surface area contributed by atoms with E-state index >= 15 is 0 Å². The highest BCUT2D eigenvalue weighted by Gasteiger charge is 1.92. The van der Waals surface area contributed by atoms with Gasteiger partial charge in [-0.2, -0.15) is 5.26 Å². The highest BCUT2D eigenvalue weighted by atomic mass is 17.1. The molecule has 0 atom stereocenters. The largest absolute Gasteiger partial charge is 0.365 e. The van der Waals surface area contributed by atoms with E-state index in [-0.39, 0.29) is 0 Å². The summed E-state index contributed by atoms with van der Waals surface area (Å²) in [5.41, 5.74) is 0. The summed E-state index contributed by atoms with van der Waals surface area (Å²) in [6.07, 6.45) is 30.6. The fourth-order valence-electron chi connectivity index (χ4n) is 2.52. The van der Waals surface area contributed by atoms with Crippen molar-refractivity contribution < 1.29 is 14.9 Å². The van der Waals surface area contributed by atoms with Gasteiger partial charge in [0, 0.05) is 6.08 Å². The molecule has 0 fully saturated rings. The van der Waals surface area contributed by atoms with Crippen molar-refractivity contribution in [3.8, 4) is 0 Å². The van der Waals surface area contributed by atoms with Crippen LogP contribution in [0.25, 0.3) is 0 Å². The van der Waals surface area contributed by atoms with E-state index in [2.05, 4.69) is 17.9 Å². The molecule has 142 valence electrons. The van der Waals surface area contributed by atoms with Crippen LogP contribution in [0.15, 0.2) is 48.6 Å². The lowest BCUT2D eigenvalue weighted by molar-refractivity contribution is -0.228. The number of rotatable bonds is 16. The van der Waals surface area contributed by atoms with Crippen LogP contribution in [0, 0.1) is 0 Å². The molecule has 0 aliphatic heterocycles. The van der Waals surface area contributed by atoms with Gasteiger partial charge in [-0.15, -0.1) is 0 Å². The Morgan fingerprint density at radius 1 is 0.720 bits per heavy atom. The van der Waals surface area contributed by atoms with E-state index in [1.54, 1.807) is 6.08 Å². The quantitative estimate of drug-likeness (QED) is 0.108. The Kier molecular flexibility index (Phi) is 19.1. The molecule has 0 saturated carbocycles. The first-order chi connectivity index (χ1) is 12.3. The fourth-order valence-corrected chi connectivity index (χ4v) is 2.52. The molecular weight excluding hydrogens is 312 g/mol. The standard InChI is InChI=1S/C22H36O3/c1-2-3-4-5-6-7-8-9-10-11-12-13-14-15-16-17-18-19-20-21-22(23)25-24/h14-21,24H,2-13H2,1H3/b15-14+,17-16+,19-18+,21-20+. The van der Waals surface area contributed by atoms with Crippen LogP contribution in [-0.4, -0.2) is 11.2 Å². The van der Waals surface area contributed by atoms with E-state index in [0.717, 1.165) is 12.5 Å². The zero-order valence-electron chi connectivity index (χ0n) is 15.9. The average Bonchev–Trinajstić information content (AvgIpc) is 2.63. The molecule has 3 heteroatoms.